The standard InChI is InChI=1S/C42H46N2O4/c1-5-13-37-33(9-1)29-34-10-2-6-14-38(34)41(37)31-43-17-21-45-25-27-47-23-19-44(20-24-48-28-26-46-22-18-43)32-42-39-15-7-3-11-35(39)30-36-12-4-8-16-40(36)42/h1-16,29-30H,17-28,31-32H2. The smallest absolute Gasteiger partial charge is 0.0701 e. The maximum atomic E-state index is 6.10. The van der Waals surface area contributed by atoms with E-state index in [0.29, 0.717) is 52.9 Å². The molecule has 0 radical (unpaired) electrons. The molecule has 6 heteroatoms. The Morgan fingerprint density at radius 2 is 0.625 bits per heavy atom. The Kier molecular flexibility index (Phi) is 11.2. The minimum Gasteiger partial charge on any atom is -0.378 e. The Morgan fingerprint density at radius 1 is 0.354 bits per heavy atom. The van der Waals surface area contributed by atoms with Crippen molar-refractivity contribution in [3.63, 3.8) is 0 Å². The molecule has 6 aromatic rings. The minimum atomic E-state index is 0.582. The maximum Gasteiger partial charge on any atom is 0.0701 e. The topological polar surface area (TPSA) is 43.4 Å². The van der Waals surface area contributed by atoms with Gasteiger partial charge in [-0.2, -0.15) is 0 Å². The van der Waals surface area contributed by atoms with Gasteiger partial charge in [0, 0.05) is 39.3 Å². The normalized spacial score (nSPS) is 17.5. The van der Waals surface area contributed by atoms with E-state index >= 15 is 0 Å². The van der Waals surface area contributed by atoms with Gasteiger partial charge in [0.2, 0.25) is 0 Å². The summed E-state index contributed by atoms with van der Waals surface area (Å²) in [6.07, 6.45) is 0. The van der Waals surface area contributed by atoms with Crippen molar-refractivity contribution >= 4 is 43.1 Å². The number of rotatable bonds is 4. The Labute approximate surface area is 283 Å². The lowest BCUT2D eigenvalue weighted by atomic mass is 9.96. The highest BCUT2D eigenvalue weighted by atomic mass is 16.5. The highest BCUT2D eigenvalue weighted by Gasteiger charge is 2.15. The molecule has 48 heavy (non-hydrogen) atoms. The molecule has 1 heterocycles. The average Bonchev–Trinajstić information content (AvgIpc) is 3.12. The van der Waals surface area contributed by atoms with Crippen molar-refractivity contribution in [3.05, 3.63) is 120 Å². The van der Waals surface area contributed by atoms with Crippen LogP contribution in [0.15, 0.2) is 109 Å². The summed E-state index contributed by atoms with van der Waals surface area (Å²) in [6, 6.07) is 39.4. The van der Waals surface area contributed by atoms with Crippen molar-refractivity contribution < 1.29 is 18.9 Å². The van der Waals surface area contributed by atoms with Crippen LogP contribution < -0.4 is 0 Å². The third kappa shape index (κ3) is 8.04. The van der Waals surface area contributed by atoms with E-state index in [1.165, 1.54) is 54.2 Å². The molecule has 7 rings (SSSR count). The molecule has 248 valence electrons. The van der Waals surface area contributed by atoms with E-state index in [4.69, 9.17) is 18.9 Å². The summed E-state index contributed by atoms with van der Waals surface area (Å²) in [5.41, 5.74) is 2.72. The molecule has 1 aliphatic rings. The van der Waals surface area contributed by atoms with Crippen LogP contribution in [0.5, 0.6) is 0 Å². The van der Waals surface area contributed by atoms with Crippen LogP contribution in [0.25, 0.3) is 43.1 Å². The molecule has 0 aromatic heterocycles. The number of benzene rings is 6. The Morgan fingerprint density at radius 3 is 0.917 bits per heavy atom. The van der Waals surface area contributed by atoms with Gasteiger partial charge in [0.25, 0.3) is 0 Å². The zero-order chi connectivity index (χ0) is 32.4. The first-order valence-electron chi connectivity index (χ1n) is 17.4. The van der Waals surface area contributed by atoms with E-state index < -0.39 is 0 Å². The molecule has 0 atom stereocenters. The van der Waals surface area contributed by atoms with Crippen LogP contribution in [0.3, 0.4) is 0 Å². The zero-order valence-electron chi connectivity index (χ0n) is 27.8. The first kappa shape index (κ1) is 32.7. The molecule has 1 aliphatic heterocycles. The lowest BCUT2D eigenvalue weighted by Gasteiger charge is -2.25. The summed E-state index contributed by atoms with van der Waals surface area (Å²) in [5.74, 6) is 0. The van der Waals surface area contributed by atoms with Gasteiger partial charge in [-0.15, -0.1) is 0 Å². The third-order valence-corrected chi connectivity index (χ3v) is 9.48. The van der Waals surface area contributed by atoms with Gasteiger partial charge < -0.3 is 18.9 Å². The summed E-state index contributed by atoms with van der Waals surface area (Å²) in [7, 11) is 0. The van der Waals surface area contributed by atoms with Gasteiger partial charge in [-0.25, -0.2) is 0 Å². The van der Waals surface area contributed by atoms with E-state index in [0.717, 1.165) is 39.3 Å². The predicted octanol–water partition coefficient (Wildman–Crippen LogP) is 7.68. The number of hydrogen-bond donors (Lipinski definition) is 0. The summed E-state index contributed by atoms with van der Waals surface area (Å²) >= 11 is 0. The fourth-order valence-corrected chi connectivity index (χ4v) is 6.96. The second kappa shape index (κ2) is 16.5. The molecule has 0 bridgehead atoms. The monoisotopic (exact) mass is 642 g/mol. The van der Waals surface area contributed by atoms with Gasteiger partial charge in [-0.3, -0.25) is 9.80 Å². The van der Waals surface area contributed by atoms with Gasteiger partial charge in [-0.1, -0.05) is 97.1 Å². The summed E-state index contributed by atoms with van der Waals surface area (Å²) in [6.45, 7) is 9.89. The van der Waals surface area contributed by atoms with Crippen molar-refractivity contribution in [3.8, 4) is 0 Å². The van der Waals surface area contributed by atoms with Crippen LogP contribution in [0, 0.1) is 0 Å². The molecule has 0 N–H and O–H groups in total. The molecule has 0 saturated carbocycles. The van der Waals surface area contributed by atoms with E-state index in [1.54, 1.807) is 0 Å². The quantitative estimate of drug-likeness (QED) is 0.184. The highest BCUT2D eigenvalue weighted by Crippen LogP contribution is 2.31. The second-order valence-corrected chi connectivity index (χ2v) is 12.6. The minimum absolute atomic E-state index is 0.582. The van der Waals surface area contributed by atoms with Crippen LogP contribution in [0.1, 0.15) is 11.1 Å². The van der Waals surface area contributed by atoms with Crippen molar-refractivity contribution in [1.82, 2.24) is 9.80 Å². The number of nitrogens with zero attached hydrogens (tertiary/aromatic N) is 2. The maximum absolute atomic E-state index is 6.10. The molecule has 1 fully saturated rings. The third-order valence-electron chi connectivity index (χ3n) is 9.48. The molecule has 1 saturated heterocycles. The zero-order valence-corrected chi connectivity index (χ0v) is 27.8. The van der Waals surface area contributed by atoms with Crippen LogP contribution in [0.2, 0.25) is 0 Å². The highest BCUT2D eigenvalue weighted by molar-refractivity contribution is 6.03. The SMILES string of the molecule is c1ccc2c(CN3CCOCCOCCN(Cc4c5ccccc5cc5ccccc45)CCOCCOCC3)c3ccccc3cc2c1. The van der Waals surface area contributed by atoms with Gasteiger partial charge in [0.15, 0.2) is 0 Å². The largest absolute Gasteiger partial charge is 0.378 e. The Hall–Kier alpha value is -3.88. The molecule has 6 nitrogen and oxygen atoms in total. The summed E-state index contributed by atoms with van der Waals surface area (Å²) in [5, 5.41) is 10.3. The van der Waals surface area contributed by atoms with Crippen molar-refractivity contribution in [2.24, 2.45) is 0 Å². The van der Waals surface area contributed by atoms with Gasteiger partial charge in [0.1, 0.15) is 0 Å². The second-order valence-electron chi connectivity index (χ2n) is 12.6. The van der Waals surface area contributed by atoms with Crippen LogP contribution in [-0.4, -0.2) is 88.8 Å². The van der Waals surface area contributed by atoms with Crippen molar-refractivity contribution in [1.29, 1.82) is 0 Å². The first-order chi connectivity index (χ1) is 23.8. The Bertz CT molecular complexity index is 1670. The Balaban J connectivity index is 0.990. The van der Waals surface area contributed by atoms with Crippen LogP contribution in [-0.2, 0) is 32.0 Å². The van der Waals surface area contributed by atoms with Crippen molar-refractivity contribution in [2.45, 2.75) is 13.1 Å². The van der Waals surface area contributed by atoms with Gasteiger partial charge in [-0.05, 0) is 66.3 Å². The molecule has 0 spiro atoms. The predicted molar refractivity (Wildman–Crippen MR) is 197 cm³/mol. The lowest BCUT2D eigenvalue weighted by molar-refractivity contribution is 0.00641. The lowest BCUT2D eigenvalue weighted by Crippen LogP contribution is -2.33. The molecular formula is C42H46N2O4. The number of hydrogen-bond acceptors (Lipinski definition) is 6. The fraction of sp³-hybridized carbons (Fsp3) is 0.333. The fourth-order valence-electron chi connectivity index (χ4n) is 6.96. The average molecular weight is 643 g/mol. The van der Waals surface area contributed by atoms with E-state index in [-0.39, 0.29) is 0 Å². The number of ether oxygens (including phenoxy) is 4. The number of fused-ring (bicyclic) bond motifs is 4. The summed E-state index contributed by atoms with van der Waals surface area (Å²) < 4.78 is 24.4. The van der Waals surface area contributed by atoms with E-state index in [2.05, 4.69) is 119 Å². The van der Waals surface area contributed by atoms with Crippen LogP contribution >= 0.6 is 0 Å². The molecule has 0 aliphatic carbocycles. The van der Waals surface area contributed by atoms with E-state index in [9.17, 15) is 0 Å². The van der Waals surface area contributed by atoms with Crippen molar-refractivity contribution in [2.75, 3.05) is 79.0 Å². The molecule has 0 unspecified atom stereocenters. The first-order valence-corrected chi connectivity index (χ1v) is 17.4. The van der Waals surface area contributed by atoms with Crippen LogP contribution in [0.4, 0.5) is 0 Å². The molecule has 0 amide bonds. The van der Waals surface area contributed by atoms with Gasteiger partial charge in [0.05, 0.1) is 52.9 Å². The molecular weight excluding hydrogens is 596 g/mol. The van der Waals surface area contributed by atoms with E-state index in [1.807, 2.05) is 0 Å². The summed E-state index contributed by atoms with van der Waals surface area (Å²) in [4.78, 5) is 4.90. The van der Waals surface area contributed by atoms with Gasteiger partial charge >= 0.3 is 0 Å². The molecule has 6 aromatic carbocycles.